The number of aromatic hydroxyl groups is 1. The first-order chi connectivity index (χ1) is 16.3. The lowest BCUT2D eigenvalue weighted by molar-refractivity contribution is 0.104. The fourth-order valence-corrected chi connectivity index (χ4v) is 3.89. The fraction of sp³-hybridized carbons (Fsp3) is 0.143. The van der Waals surface area contributed by atoms with Crippen molar-refractivity contribution in [1.29, 1.82) is 0 Å². The van der Waals surface area contributed by atoms with Gasteiger partial charge in [-0.2, -0.15) is 0 Å². The molecule has 6 heteroatoms. The van der Waals surface area contributed by atoms with E-state index in [1.807, 2.05) is 0 Å². The largest absolute Gasteiger partial charge is 0.504 e. The van der Waals surface area contributed by atoms with Crippen LogP contribution in [0, 0.1) is 20.8 Å². The summed E-state index contributed by atoms with van der Waals surface area (Å²) in [5, 5.41) is 9.74. The summed E-state index contributed by atoms with van der Waals surface area (Å²) in [6.45, 7) is 6.18. The fourth-order valence-electron chi connectivity index (χ4n) is 3.89. The van der Waals surface area contributed by atoms with Crippen LogP contribution in [0.2, 0.25) is 0 Å². The number of carbonyl (C=O) groups excluding carboxylic acids is 1. The van der Waals surface area contributed by atoms with Crippen molar-refractivity contribution in [3.05, 3.63) is 105 Å². The van der Waals surface area contributed by atoms with E-state index in [9.17, 15) is 14.7 Å². The lowest BCUT2D eigenvalue weighted by atomic mass is 9.99. The van der Waals surface area contributed by atoms with Gasteiger partial charge in [-0.15, -0.1) is 0 Å². The number of H-pyrrole nitrogens is 1. The topological polar surface area (TPSA) is 84.3 Å². The maximum atomic E-state index is 12.9. The molecule has 4 aromatic rings. The predicted octanol–water partition coefficient (Wildman–Crippen LogP) is 5.37. The SMILES string of the molecule is COc1cc(C=CC(=O)c2cccc(-n3c(-c4cc(C)c(C)c(C)c4)c[nH]c3=O)c2)ccc1O. The molecule has 3 aromatic carbocycles. The van der Waals surface area contributed by atoms with Crippen molar-refractivity contribution in [3.8, 4) is 28.4 Å². The molecule has 0 aliphatic rings. The molecule has 0 amide bonds. The molecule has 0 spiro atoms. The highest BCUT2D eigenvalue weighted by molar-refractivity contribution is 6.07. The molecule has 0 radical (unpaired) electrons. The summed E-state index contributed by atoms with van der Waals surface area (Å²) in [5.41, 5.74) is 6.67. The molecule has 0 aliphatic heterocycles. The zero-order valence-electron chi connectivity index (χ0n) is 19.5. The molecule has 1 aromatic heterocycles. The van der Waals surface area contributed by atoms with E-state index in [1.54, 1.807) is 53.2 Å². The van der Waals surface area contributed by atoms with Gasteiger partial charge in [0.15, 0.2) is 17.3 Å². The van der Waals surface area contributed by atoms with Crippen molar-refractivity contribution in [3.63, 3.8) is 0 Å². The Labute approximate surface area is 197 Å². The van der Waals surface area contributed by atoms with Crippen molar-refractivity contribution in [2.24, 2.45) is 0 Å². The maximum absolute atomic E-state index is 12.9. The van der Waals surface area contributed by atoms with Gasteiger partial charge in [-0.3, -0.25) is 9.36 Å². The molecule has 34 heavy (non-hydrogen) atoms. The van der Waals surface area contributed by atoms with Gasteiger partial charge in [0, 0.05) is 17.3 Å². The van der Waals surface area contributed by atoms with Crippen LogP contribution >= 0.6 is 0 Å². The number of nitrogens with zero attached hydrogens (tertiary/aromatic N) is 1. The molecule has 0 saturated heterocycles. The monoisotopic (exact) mass is 454 g/mol. The van der Waals surface area contributed by atoms with Crippen LogP contribution in [0.1, 0.15) is 32.6 Å². The number of hydrogen-bond donors (Lipinski definition) is 2. The second-order valence-electron chi connectivity index (χ2n) is 8.23. The van der Waals surface area contributed by atoms with Gasteiger partial charge in [0.1, 0.15) is 0 Å². The summed E-state index contributed by atoms with van der Waals surface area (Å²) < 4.78 is 6.69. The molecule has 1 heterocycles. The molecule has 0 aliphatic carbocycles. The molecule has 0 bridgehead atoms. The van der Waals surface area contributed by atoms with Gasteiger partial charge in [0.05, 0.1) is 18.5 Å². The predicted molar refractivity (Wildman–Crippen MR) is 134 cm³/mol. The van der Waals surface area contributed by atoms with Gasteiger partial charge in [0.25, 0.3) is 0 Å². The zero-order valence-corrected chi connectivity index (χ0v) is 19.5. The number of aryl methyl sites for hydroxylation is 2. The number of allylic oxidation sites excluding steroid dienone is 1. The Bertz CT molecular complexity index is 1450. The van der Waals surface area contributed by atoms with Crippen molar-refractivity contribution in [1.82, 2.24) is 9.55 Å². The quantitative estimate of drug-likeness (QED) is 0.303. The number of ketones is 1. The van der Waals surface area contributed by atoms with Gasteiger partial charge < -0.3 is 14.8 Å². The molecule has 2 N–H and O–H groups in total. The number of ether oxygens (including phenoxy) is 1. The highest BCUT2D eigenvalue weighted by atomic mass is 16.5. The van der Waals surface area contributed by atoms with Gasteiger partial charge in [-0.05, 0) is 85.5 Å². The third kappa shape index (κ3) is 4.43. The van der Waals surface area contributed by atoms with E-state index in [1.165, 1.54) is 24.8 Å². The van der Waals surface area contributed by atoms with Crippen molar-refractivity contribution in [2.75, 3.05) is 7.11 Å². The number of methoxy groups -OCH3 is 1. The van der Waals surface area contributed by atoms with E-state index < -0.39 is 0 Å². The van der Waals surface area contributed by atoms with Crippen LogP contribution in [0.15, 0.2) is 71.7 Å². The van der Waals surface area contributed by atoms with Gasteiger partial charge in [-0.1, -0.05) is 24.3 Å². The number of aromatic nitrogens is 2. The number of nitrogens with one attached hydrogen (secondary N) is 1. The first kappa shape index (κ1) is 22.9. The van der Waals surface area contributed by atoms with E-state index in [-0.39, 0.29) is 17.2 Å². The van der Waals surface area contributed by atoms with E-state index >= 15 is 0 Å². The Balaban J connectivity index is 1.68. The average Bonchev–Trinajstić information content (AvgIpc) is 3.22. The minimum absolute atomic E-state index is 0.0328. The summed E-state index contributed by atoms with van der Waals surface area (Å²) in [6, 6.07) is 15.9. The lowest BCUT2D eigenvalue weighted by Gasteiger charge is -2.12. The van der Waals surface area contributed by atoms with Crippen LogP contribution in [0.5, 0.6) is 11.5 Å². The number of carbonyl (C=O) groups is 1. The number of phenolic OH excluding ortho intramolecular Hbond substituents is 1. The van der Waals surface area contributed by atoms with Crippen LogP contribution in [0.3, 0.4) is 0 Å². The maximum Gasteiger partial charge on any atom is 0.330 e. The third-order valence-electron chi connectivity index (χ3n) is 6.02. The normalized spacial score (nSPS) is 11.2. The van der Waals surface area contributed by atoms with Crippen LogP contribution in [0.25, 0.3) is 23.0 Å². The summed E-state index contributed by atoms with van der Waals surface area (Å²) in [7, 11) is 1.47. The Morgan fingerprint density at radius 1 is 1.03 bits per heavy atom. The number of imidazole rings is 1. The van der Waals surface area contributed by atoms with E-state index in [0.717, 1.165) is 22.4 Å². The third-order valence-corrected chi connectivity index (χ3v) is 6.02. The Kier molecular flexibility index (Phi) is 6.23. The van der Waals surface area contributed by atoms with E-state index in [4.69, 9.17) is 4.74 Å². The number of hydrogen-bond acceptors (Lipinski definition) is 4. The van der Waals surface area contributed by atoms with E-state index in [2.05, 4.69) is 37.9 Å². The van der Waals surface area contributed by atoms with Crippen LogP contribution < -0.4 is 10.4 Å². The molecule has 4 rings (SSSR count). The molecule has 172 valence electrons. The van der Waals surface area contributed by atoms with Crippen LogP contribution in [-0.4, -0.2) is 27.6 Å². The molecular formula is C28H26N2O4. The lowest BCUT2D eigenvalue weighted by Crippen LogP contribution is -2.16. The molecule has 0 saturated carbocycles. The Hall–Kier alpha value is -4.32. The average molecular weight is 455 g/mol. The second kappa shape index (κ2) is 9.27. The molecule has 0 unspecified atom stereocenters. The second-order valence-corrected chi connectivity index (χ2v) is 8.23. The molecular weight excluding hydrogens is 428 g/mol. The Morgan fingerprint density at radius 3 is 2.47 bits per heavy atom. The summed E-state index contributed by atoms with van der Waals surface area (Å²) >= 11 is 0. The number of benzene rings is 3. The highest BCUT2D eigenvalue weighted by Crippen LogP contribution is 2.28. The summed E-state index contributed by atoms with van der Waals surface area (Å²) in [4.78, 5) is 28.3. The highest BCUT2D eigenvalue weighted by Gasteiger charge is 2.14. The smallest absolute Gasteiger partial charge is 0.330 e. The molecule has 6 nitrogen and oxygen atoms in total. The first-order valence-electron chi connectivity index (χ1n) is 10.9. The van der Waals surface area contributed by atoms with Crippen molar-refractivity contribution >= 4 is 11.9 Å². The van der Waals surface area contributed by atoms with Crippen LogP contribution in [-0.2, 0) is 0 Å². The van der Waals surface area contributed by atoms with E-state index in [0.29, 0.717) is 22.6 Å². The van der Waals surface area contributed by atoms with Crippen LogP contribution in [0.4, 0.5) is 0 Å². The molecule has 0 fully saturated rings. The summed E-state index contributed by atoms with van der Waals surface area (Å²) in [6.07, 6.45) is 4.81. The van der Waals surface area contributed by atoms with Crippen molar-refractivity contribution < 1.29 is 14.6 Å². The minimum Gasteiger partial charge on any atom is -0.504 e. The Morgan fingerprint density at radius 2 is 1.76 bits per heavy atom. The minimum atomic E-state index is -0.276. The van der Waals surface area contributed by atoms with Crippen molar-refractivity contribution in [2.45, 2.75) is 20.8 Å². The molecule has 0 atom stereocenters. The zero-order chi connectivity index (χ0) is 24.4. The summed E-state index contributed by atoms with van der Waals surface area (Å²) in [5.74, 6) is 0.156. The van der Waals surface area contributed by atoms with Gasteiger partial charge in [0.2, 0.25) is 0 Å². The standard InChI is InChI=1S/C28H26N2O4/c1-17-12-22(13-18(2)19(17)3)24-16-29-28(33)30(24)23-7-5-6-21(15-23)25(31)10-8-20-9-11-26(32)27(14-20)34-4/h5-16,32H,1-4H3,(H,29,33). The first-order valence-corrected chi connectivity index (χ1v) is 10.9. The van der Waals surface area contributed by atoms with Gasteiger partial charge >= 0.3 is 5.69 Å². The number of phenols is 1. The van der Waals surface area contributed by atoms with Gasteiger partial charge in [-0.25, -0.2) is 4.79 Å². The number of aromatic amines is 1. The number of rotatable bonds is 6.